The monoisotopic (exact) mass is 298 g/mol. The Bertz CT molecular complexity index is 612. The van der Waals surface area contributed by atoms with E-state index in [2.05, 4.69) is 60.7 Å². The van der Waals surface area contributed by atoms with Crippen LogP contribution in [0.5, 0.6) is 0 Å². The molecule has 3 rings (SSSR count). The second kappa shape index (κ2) is 6.63. The van der Waals surface area contributed by atoms with Crippen molar-refractivity contribution < 1.29 is 0 Å². The third-order valence-electron chi connectivity index (χ3n) is 4.28. The van der Waals surface area contributed by atoms with Crippen molar-refractivity contribution in [2.24, 2.45) is 0 Å². The quantitative estimate of drug-likeness (QED) is 0.850. The first-order valence-corrected chi connectivity index (χ1v) is 8.57. The second-order valence-electron chi connectivity index (χ2n) is 5.72. The van der Waals surface area contributed by atoms with Crippen LogP contribution in [0.3, 0.4) is 0 Å². The van der Waals surface area contributed by atoms with Crippen LogP contribution in [-0.2, 0) is 6.42 Å². The fourth-order valence-electron chi connectivity index (χ4n) is 3.13. The van der Waals surface area contributed by atoms with Crippen LogP contribution in [-0.4, -0.2) is 23.8 Å². The molecule has 0 amide bonds. The minimum absolute atomic E-state index is 0.478. The smallest absolute Gasteiger partial charge is 0.0482 e. The first-order valence-electron chi connectivity index (χ1n) is 7.58. The molecule has 3 heteroatoms. The summed E-state index contributed by atoms with van der Waals surface area (Å²) in [6.45, 7) is 2.15. The maximum atomic E-state index is 4.63. The third kappa shape index (κ3) is 3.30. The van der Waals surface area contributed by atoms with Crippen LogP contribution in [0, 0.1) is 6.92 Å². The van der Waals surface area contributed by atoms with E-state index in [1.807, 2.05) is 18.0 Å². The van der Waals surface area contributed by atoms with Gasteiger partial charge in [-0.25, -0.2) is 0 Å². The highest BCUT2D eigenvalue weighted by atomic mass is 32.2. The Morgan fingerprint density at radius 2 is 2.24 bits per heavy atom. The zero-order valence-corrected chi connectivity index (χ0v) is 13.5. The Hall–Kier alpha value is -1.32. The molecule has 0 spiro atoms. The molecule has 0 saturated heterocycles. The topological polar surface area (TPSA) is 24.9 Å². The third-order valence-corrected chi connectivity index (χ3v) is 5.39. The predicted molar refractivity (Wildman–Crippen MR) is 90.0 cm³/mol. The first-order chi connectivity index (χ1) is 10.3. The van der Waals surface area contributed by atoms with E-state index in [0.717, 1.165) is 5.75 Å². The van der Waals surface area contributed by atoms with Gasteiger partial charge in [0.1, 0.15) is 0 Å². The number of pyridine rings is 1. The Morgan fingerprint density at radius 1 is 1.33 bits per heavy atom. The summed E-state index contributed by atoms with van der Waals surface area (Å²) < 4.78 is 0. The molecular weight excluding hydrogens is 276 g/mol. The SMILES string of the molecule is CNC(CSc1cccc(C)c1)C1CCc2cccnc21. The highest BCUT2D eigenvalue weighted by Crippen LogP contribution is 2.35. The second-order valence-corrected chi connectivity index (χ2v) is 6.81. The fraction of sp³-hybridized carbons (Fsp3) is 0.389. The van der Waals surface area contributed by atoms with Crippen molar-refractivity contribution in [1.82, 2.24) is 10.3 Å². The van der Waals surface area contributed by atoms with E-state index in [9.17, 15) is 0 Å². The van der Waals surface area contributed by atoms with Gasteiger partial charge in [-0.3, -0.25) is 4.98 Å². The molecule has 1 aromatic heterocycles. The van der Waals surface area contributed by atoms with Crippen molar-refractivity contribution in [3.63, 3.8) is 0 Å². The van der Waals surface area contributed by atoms with E-state index >= 15 is 0 Å². The van der Waals surface area contributed by atoms with Gasteiger partial charge < -0.3 is 5.32 Å². The van der Waals surface area contributed by atoms with E-state index in [1.54, 1.807) is 0 Å². The lowest BCUT2D eigenvalue weighted by atomic mass is 9.98. The van der Waals surface area contributed by atoms with Gasteiger partial charge in [-0.2, -0.15) is 0 Å². The zero-order valence-electron chi connectivity index (χ0n) is 12.7. The Balaban J connectivity index is 1.69. The van der Waals surface area contributed by atoms with E-state index < -0.39 is 0 Å². The molecule has 110 valence electrons. The molecule has 1 heterocycles. The summed E-state index contributed by atoms with van der Waals surface area (Å²) in [5.74, 6) is 1.63. The van der Waals surface area contributed by atoms with Crippen molar-refractivity contribution in [3.05, 3.63) is 59.4 Å². The van der Waals surface area contributed by atoms with Crippen LogP contribution in [0.4, 0.5) is 0 Å². The number of aryl methyl sites for hydroxylation is 2. The van der Waals surface area contributed by atoms with Crippen LogP contribution < -0.4 is 5.32 Å². The molecular formula is C18H22N2S. The average Bonchev–Trinajstić information content (AvgIpc) is 2.92. The molecule has 0 saturated carbocycles. The standard InChI is InChI=1S/C18H22N2S/c1-13-5-3-7-15(11-13)21-12-17(19-2)16-9-8-14-6-4-10-20-18(14)16/h3-7,10-11,16-17,19H,8-9,12H2,1-2H3. The summed E-state index contributed by atoms with van der Waals surface area (Å²) >= 11 is 1.94. The zero-order chi connectivity index (χ0) is 14.7. The van der Waals surface area contributed by atoms with Gasteiger partial charge >= 0.3 is 0 Å². The largest absolute Gasteiger partial charge is 0.315 e. The van der Waals surface area contributed by atoms with E-state index in [4.69, 9.17) is 0 Å². The molecule has 2 nitrogen and oxygen atoms in total. The molecule has 0 bridgehead atoms. The van der Waals surface area contributed by atoms with Crippen molar-refractivity contribution in [3.8, 4) is 0 Å². The van der Waals surface area contributed by atoms with Gasteiger partial charge in [0, 0.05) is 34.5 Å². The van der Waals surface area contributed by atoms with Gasteiger partial charge in [-0.15, -0.1) is 11.8 Å². The van der Waals surface area contributed by atoms with Crippen LogP contribution in [0.2, 0.25) is 0 Å². The van der Waals surface area contributed by atoms with Gasteiger partial charge in [0.05, 0.1) is 0 Å². The van der Waals surface area contributed by atoms with E-state index in [0.29, 0.717) is 12.0 Å². The number of hydrogen-bond acceptors (Lipinski definition) is 3. The predicted octanol–water partition coefficient (Wildman–Crippen LogP) is 3.80. The van der Waals surface area contributed by atoms with E-state index in [-0.39, 0.29) is 0 Å². The van der Waals surface area contributed by atoms with Gasteiger partial charge in [-0.1, -0.05) is 23.8 Å². The lowest BCUT2D eigenvalue weighted by molar-refractivity contribution is 0.491. The number of fused-ring (bicyclic) bond motifs is 1. The van der Waals surface area contributed by atoms with Crippen molar-refractivity contribution >= 4 is 11.8 Å². The minimum Gasteiger partial charge on any atom is -0.315 e. The molecule has 2 atom stereocenters. The summed E-state index contributed by atoms with van der Waals surface area (Å²) in [6, 6.07) is 13.5. The molecule has 0 fully saturated rings. The molecule has 21 heavy (non-hydrogen) atoms. The van der Waals surface area contributed by atoms with Crippen molar-refractivity contribution in [1.29, 1.82) is 0 Å². The summed E-state index contributed by atoms with van der Waals surface area (Å²) in [6.07, 6.45) is 4.31. The fourth-order valence-corrected chi connectivity index (χ4v) is 4.34. The van der Waals surface area contributed by atoms with Crippen LogP contribution in [0.15, 0.2) is 47.5 Å². The Labute approximate surface area is 131 Å². The van der Waals surface area contributed by atoms with Crippen LogP contribution >= 0.6 is 11.8 Å². The Morgan fingerprint density at radius 3 is 3.05 bits per heavy atom. The summed E-state index contributed by atoms with van der Waals surface area (Å²) in [5, 5.41) is 3.51. The summed E-state index contributed by atoms with van der Waals surface area (Å²) in [7, 11) is 2.07. The van der Waals surface area contributed by atoms with Gasteiger partial charge in [0.15, 0.2) is 0 Å². The number of nitrogens with one attached hydrogen (secondary N) is 1. The lowest BCUT2D eigenvalue weighted by Gasteiger charge is -2.23. The number of benzene rings is 1. The van der Waals surface area contributed by atoms with Gasteiger partial charge in [-0.05, 0) is 50.6 Å². The normalized spacial score (nSPS) is 18.5. The number of thioether (sulfide) groups is 1. The molecule has 1 N–H and O–H groups in total. The first kappa shape index (κ1) is 14.6. The maximum Gasteiger partial charge on any atom is 0.0482 e. The number of aromatic nitrogens is 1. The minimum atomic E-state index is 0.478. The number of likely N-dealkylation sites (N-methyl/N-ethyl adjacent to an activating group) is 1. The van der Waals surface area contributed by atoms with E-state index in [1.165, 1.54) is 34.6 Å². The maximum absolute atomic E-state index is 4.63. The Kier molecular flexibility index (Phi) is 4.61. The molecule has 0 aliphatic heterocycles. The number of hydrogen-bond donors (Lipinski definition) is 1. The van der Waals surface area contributed by atoms with Gasteiger partial charge in [0.2, 0.25) is 0 Å². The van der Waals surface area contributed by atoms with Crippen LogP contribution in [0.25, 0.3) is 0 Å². The molecule has 0 radical (unpaired) electrons. The summed E-state index contributed by atoms with van der Waals surface area (Å²) in [5.41, 5.74) is 4.07. The highest BCUT2D eigenvalue weighted by molar-refractivity contribution is 7.99. The molecule has 1 aliphatic rings. The highest BCUT2D eigenvalue weighted by Gasteiger charge is 2.29. The number of rotatable bonds is 5. The van der Waals surface area contributed by atoms with Crippen molar-refractivity contribution in [2.75, 3.05) is 12.8 Å². The molecule has 1 aliphatic carbocycles. The molecule has 2 aromatic rings. The summed E-state index contributed by atoms with van der Waals surface area (Å²) in [4.78, 5) is 5.99. The van der Waals surface area contributed by atoms with Gasteiger partial charge in [0.25, 0.3) is 0 Å². The van der Waals surface area contributed by atoms with Crippen LogP contribution in [0.1, 0.15) is 29.2 Å². The number of nitrogens with zero attached hydrogens (tertiary/aromatic N) is 1. The molecule has 2 unspecified atom stereocenters. The lowest BCUT2D eigenvalue weighted by Crippen LogP contribution is -2.33. The molecule has 1 aromatic carbocycles. The van der Waals surface area contributed by atoms with Crippen molar-refractivity contribution in [2.45, 2.75) is 36.6 Å². The average molecular weight is 298 g/mol.